The van der Waals surface area contributed by atoms with Crippen LogP contribution in [-0.2, 0) is 26.6 Å². The lowest BCUT2D eigenvalue weighted by Crippen LogP contribution is -2.76. The monoisotopic (exact) mass is 522 g/mol. The van der Waals surface area contributed by atoms with Gasteiger partial charge < -0.3 is 9.79 Å². The Morgan fingerprint density at radius 3 is 2.33 bits per heavy atom. The zero-order chi connectivity index (χ0) is 26.0. The summed E-state index contributed by atoms with van der Waals surface area (Å²) < 4.78 is 79.8. The van der Waals surface area contributed by atoms with Gasteiger partial charge in [0.1, 0.15) is 24.3 Å². The summed E-state index contributed by atoms with van der Waals surface area (Å²) in [7, 11) is -5.65. The Labute approximate surface area is 202 Å². The molecule has 0 unspecified atom stereocenters. The lowest BCUT2D eigenvalue weighted by molar-refractivity contribution is -0.343. The molecule has 3 aliphatic rings. The number of aromatic nitrogens is 3. The third-order valence-electron chi connectivity index (χ3n) is 7.32. The van der Waals surface area contributed by atoms with Crippen molar-refractivity contribution in [3.63, 3.8) is 0 Å². The molecule has 2 aromatic carbocycles. The molecule has 6 rings (SSSR count). The lowest BCUT2D eigenvalue weighted by Gasteiger charge is -2.74. The Hall–Kier alpha value is -3.10. The Morgan fingerprint density at radius 2 is 1.81 bits per heavy atom. The summed E-state index contributed by atoms with van der Waals surface area (Å²) >= 11 is 0. The third-order valence-corrected chi connectivity index (χ3v) is 7.87. The number of nitriles is 1. The summed E-state index contributed by atoms with van der Waals surface area (Å²) in [5, 5.41) is 12.8. The quantitative estimate of drug-likeness (QED) is 0.336. The molecular formula is C23H19F4N4O4P. The van der Waals surface area contributed by atoms with Crippen LogP contribution in [0.1, 0.15) is 36.0 Å². The molecule has 1 aromatic heterocycles. The van der Waals surface area contributed by atoms with Gasteiger partial charge in [0.05, 0.1) is 18.2 Å². The number of phosphoric acid groups is 1. The average Bonchev–Trinajstić information content (AvgIpc) is 3.23. The fraction of sp³-hybridized carbons (Fsp3) is 0.348. The molecule has 1 atom stereocenters. The van der Waals surface area contributed by atoms with Crippen LogP contribution in [0.15, 0.2) is 55.1 Å². The van der Waals surface area contributed by atoms with Crippen LogP contribution in [0.3, 0.4) is 0 Å². The van der Waals surface area contributed by atoms with Gasteiger partial charge in [0, 0.05) is 17.0 Å². The van der Waals surface area contributed by atoms with E-state index in [2.05, 4.69) is 10.1 Å². The topological polar surface area (TPSA) is 121 Å². The number of halogens is 4. The van der Waals surface area contributed by atoms with Crippen LogP contribution in [0.25, 0.3) is 0 Å². The van der Waals surface area contributed by atoms with Crippen LogP contribution in [0.2, 0.25) is 0 Å². The van der Waals surface area contributed by atoms with Gasteiger partial charge >= 0.3 is 7.82 Å². The van der Waals surface area contributed by atoms with Crippen LogP contribution in [0, 0.1) is 28.4 Å². The van der Waals surface area contributed by atoms with Gasteiger partial charge in [-0.2, -0.15) is 10.4 Å². The van der Waals surface area contributed by atoms with E-state index in [1.165, 1.54) is 0 Å². The van der Waals surface area contributed by atoms with E-state index in [4.69, 9.17) is 9.79 Å². The van der Waals surface area contributed by atoms with E-state index >= 15 is 13.2 Å². The molecule has 2 bridgehead atoms. The maximum absolute atomic E-state index is 16.7. The summed E-state index contributed by atoms with van der Waals surface area (Å²) in [5.74, 6) is -6.55. The van der Waals surface area contributed by atoms with Crippen LogP contribution < -0.4 is 0 Å². The molecule has 3 aliphatic carbocycles. The predicted molar refractivity (Wildman–Crippen MR) is 115 cm³/mol. The normalized spacial score (nSPS) is 24.8. The molecule has 2 N–H and O–H groups in total. The first kappa shape index (κ1) is 24.6. The highest BCUT2D eigenvalue weighted by atomic mass is 31.2. The highest BCUT2D eigenvalue weighted by Gasteiger charge is 2.83. The molecule has 0 radical (unpaired) electrons. The molecule has 0 amide bonds. The molecule has 3 fully saturated rings. The second-order valence-corrected chi connectivity index (χ2v) is 10.6. The summed E-state index contributed by atoms with van der Waals surface area (Å²) in [5.41, 5.74) is -5.37. The van der Waals surface area contributed by atoms with E-state index in [-0.39, 0.29) is 19.3 Å². The lowest BCUT2D eigenvalue weighted by atomic mass is 9.30. The first-order valence-corrected chi connectivity index (χ1v) is 12.3. The van der Waals surface area contributed by atoms with Crippen molar-refractivity contribution in [2.75, 3.05) is 0 Å². The van der Waals surface area contributed by atoms with Gasteiger partial charge in [-0.15, -0.1) is 0 Å². The van der Waals surface area contributed by atoms with Crippen LogP contribution in [-0.4, -0.2) is 30.5 Å². The summed E-state index contributed by atoms with van der Waals surface area (Å²) in [6, 6.07) is 10.3. The van der Waals surface area contributed by atoms with Crippen molar-refractivity contribution < 1.29 is 36.4 Å². The molecule has 0 spiro atoms. The van der Waals surface area contributed by atoms with Gasteiger partial charge in [0.2, 0.25) is 0 Å². The molecule has 8 nitrogen and oxygen atoms in total. The standard InChI is InChI=1S/C23H19F4N4O4P/c24-17-5-6-18(19(25)7-17)22(35-36(32,33)34,12-31-14-29-13-30-31)23(26,27)21-9-20(10-21,11-21)16-3-1-15(8-28)2-4-16/h1-7,13-14H,9-12H2,(H2,32,33,34)/t20?,21?,22-/m1/s1. The number of benzene rings is 2. The minimum absolute atomic E-state index is 0.0641. The van der Waals surface area contributed by atoms with E-state index < -0.39 is 53.9 Å². The number of alkyl halides is 2. The van der Waals surface area contributed by atoms with Crippen molar-refractivity contribution in [3.8, 4) is 6.07 Å². The Kier molecular flexibility index (Phi) is 5.43. The van der Waals surface area contributed by atoms with Gasteiger partial charge in [-0.1, -0.05) is 12.1 Å². The second-order valence-electron chi connectivity index (χ2n) is 9.48. The van der Waals surface area contributed by atoms with Gasteiger partial charge in [0.25, 0.3) is 5.92 Å². The second kappa shape index (κ2) is 7.95. The molecule has 36 heavy (non-hydrogen) atoms. The zero-order valence-electron chi connectivity index (χ0n) is 18.5. The van der Waals surface area contributed by atoms with Crippen molar-refractivity contribution in [2.45, 2.75) is 42.7 Å². The van der Waals surface area contributed by atoms with Crippen molar-refractivity contribution in [3.05, 3.63) is 83.4 Å². The minimum Gasteiger partial charge on any atom is -0.303 e. The van der Waals surface area contributed by atoms with Crippen molar-refractivity contribution in [2.24, 2.45) is 5.41 Å². The molecule has 3 saturated carbocycles. The summed E-state index contributed by atoms with van der Waals surface area (Å²) in [4.78, 5) is 23.0. The van der Waals surface area contributed by atoms with Crippen LogP contribution in [0.4, 0.5) is 17.6 Å². The summed E-state index contributed by atoms with van der Waals surface area (Å²) in [6.45, 7) is -1.00. The van der Waals surface area contributed by atoms with Crippen molar-refractivity contribution in [1.29, 1.82) is 5.26 Å². The zero-order valence-corrected chi connectivity index (χ0v) is 19.4. The maximum Gasteiger partial charge on any atom is 0.470 e. The molecule has 0 saturated heterocycles. The highest BCUT2D eigenvalue weighted by molar-refractivity contribution is 7.46. The number of nitrogens with zero attached hydrogens (tertiary/aromatic N) is 4. The van der Waals surface area contributed by atoms with Gasteiger partial charge in [-0.05, 0) is 54.5 Å². The number of rotatable bonds is 8. The van der Waals surface area contributed by atoms with Gasteiger partial charge in [-0.3, -0.25) is 4.52 Å². The Morgan fingerprint density at radius 1 is 1.14 bits per heavy atom. The minimum atomic E-state index is -5.65. The van der Waals surface area contributed by atoms with Crippen LogP contribution in [0.5, 0.6) is 0 Å². The highest BCUT2D eigenvalue weighted by Crippen LogP contribution is 2.81. The molecule has 1 heterocycles. The third kappa shape index (κ3) is 3.58. The predicted octanol–water partition coefficient (Wildman–Crippen LogP) is 4.19. The van der Waals surface area contributed by atoms with E-state index in [1.54, 1.807) is 24.3 Å². The van der Waals surface area contributed by atoms with Crippen molar-refractivity contribution in [1.82, 2.24) is 14.8 Å². The Balaban J connectivity index is 1.60. The van der Waals surface area contributed by atoms with E-state index in [0.29, 0.717) is 23.8 Å². The number of hydrogen-bond donors (Lipinski definition) is 2. The van der Waals surface area contributed by atoms with E-state index in [0.717, 1.165) is 22.9 Å². The fourth-order valence-corrected chi connectivity index (χ4v) is 6.48. The van der Waals surface area contributed by atoms with Gasteiger partial charge in [-0.25, -0.2) is 31.8 Å². The first-order valence-electron chi connectivity index (χ1n) is 10.8. The number of hydrogen-bond acceptors (Lipinski definition) is 5. The molecule has 3 aromatic rings. The van der Waals surface area contributed by atoms with Crippen molar-refractivity contribution >= 4 is 7.82 Å². The first-order chi connectivity index (χ1) is 16.9. The summed E-state index contributed by atoms with van der Waals surface area (Å²) in [6.07, 6.45) is 1.85. The number of phosphoric ester groups is 1. The maximum atomic E-state index is 16.7. The van der Waals surface area contributed by atoms with Crippen LogP contribution >= 0.6 is 7.82 Å². The average molecular weight is 522 g/mol. The largest absolute Gasteiger partial charge is 0.470 e. The molecule has 0 aliphatic heterocycles. The van der Waals surface area contributed by atoms with Gasteiger partial charge in [0.15, 0.2) is 5.60 Å². The molecular weight excluding hydrogens is 503 g/mol. The fourth-order valence-electron chi connectivity index (χ4n) is 5.81. The SMILES string of the molecule is N#Cc1ccc(C23CC(C(F)(F)[C@](Cn4cncn4)(OP(=O)(O)O)c4ccc(F)cc4F)(C2)C3)cc1. The smallest absolute Gasteiger partial charge is 0.303 e. The molecule has 188 valence electrons. The molecule has 13 heteroatoms. The van der Waals surface area contributed by atoms with E-state index in [9.17, 15) is 18.7 Å². The van der Waals surface area contributed by atoms with E-state index in [1.807, 2.05) is 6.07 Å². The Bertz CT molecular complexity index is 1380.